The molecule has 1 aliphatic heterocycles. The van der Waals surface area contributed by atoms with E-state index >= 15 is 0 Å². The van der Waals surface area contributed by atoms with Crippen molar-refractivity contribution in [1.82, 2.24) is 4.90 Å². The van der Waals surface area contributed by atoms with Crippen molar-refractivity contribution in [3.8, 4) is 0 Å². The maximum Gasteiger partial charge on any atom is 1.00 e. The van der Waals surface area contributed by atoms with Crippen molar-refractivity contribution in [1.29, 1.82) is 0 Å². The summed E-state index contributed by atoms with van der Waals surface area (Å²) in [7, 11) is 0. The summed E-state index contributed by atoms with van der Waals surface area (Å²) in [6.07, 6.45) is 2.04. The van der Waals surface area contributed by atoms with Gasteiger partial charge in [0.15, 0.2) is 0 Å². The van der Waals surface area contributed by atoms with Crippen LogP contribution in [0, 0.1) is 5.92 Å². The van der Waals surface area contributed by atoms with Crippen LogP contribution < -0.4 is 34.7 Å². The first-order valence-electron chi connectivity index (χ1n) is 5.09. The molecule has 4 nitrogen and oxygen atoms in total. The molecule has 0 aromatic rings. The number of likely N-dealkylation sites (tertiary alicyclic amines) is 1. The van der Waals surface area contributed by atoms with Crippen molar-refractivity contribution < 1.29 is 44.3 Å². The Morgan fingerprint density at radius 2 is 2.13 bits per heavy atom. The number of carboxylic acids is 1. The van der Waals surface area contributed by atoms with E-state index in [0.29, 0.717) is 13.0 Å². The molecule has 1 rings (SSSR count). The van der Waals surface area contributed by atoms with Crippen LogP contribution >= 0.6 is 0 Å². The average molecular weight is 221 g/mol. The molecule has 80 valence electrons. The summed E-state index contributed by atoms with van der Waals surface area (Å²) < 4.78 is 0. The predicted molar refractivity (Wildman–Crippen MR) is 49.2 cm³/mol. The summed E-state index contributed by atoms with van der Waals surface area (Å²) in [5.41, 5.74) is 0. The second-order valence-corrected chi connectivity index (χ2v) is 3.82. The quantitative estimate of drug-likeness (QED) is 0.471. The Kier molecular flexibility index (Phi) is 6.48. The molecule has 0 aromatic carbocycles. The molecule has 1 aliphatic rings. The molecular formula is C10H16NNaO3. The van der Waals surface area contributed by atoms with Crippen LogP contribution in [0.4, 0.5) is 0 Å². The Morgan fingerprint density at radius 1 is 1.53 bits per heavy atom. The van der Waals surface area contributed by atoms with Crippen LogP contribution in [0.5, 0.6) is 0 Å². The second-order valence-electron chi connectivity index (χ2n) is 3.82. The number of carbonyl (C=O) groups excluding carboxylic acids is 2. The molecule has 0 radical (unpaired) electrons. The molecule has 0 bridgehead atoms. The molecule has 15 heavy (non-hydrogen) atoms. The van der Waals surface area contributed by atoms with Crippen LogP contribution in [-0.4, -0.2) is 29.4 Å². The third-order valence-corrected chi connectivity index (χ3v) is 2.84. The second kappa shape index (κ2) is 6.51. The summed E-state index contributed by atoms with van der Waals surface area (Å²) >= 11 is 0. The SMILES string of the molecule is CCC(C)C(=O)N1CCC[C@@H]1C(=O)[O-].[Na+]. The zero-order valence-electron chi connectivity index (χ0n) is 9.66. The van der Waals surface area contributed by atoms with Crippen molar-refractivity contribution >= 4 is 11.9 Å². The van der Waals surface area contributed by atoms with Crippen molar-refractivity contribution in [2.24, 2.45) is 5.92 Å². The van der Waals surface area contributed by atoms with E-state index in [4.69, 9.17) is 0 Å². The van der Waals surface area contributed by atoms with Crippen LogP contribution in [0.25, 0.3) is 0 Å². The molecule has 0 saturated carbocycles. The van der Waals surface area contributed by atoms with Crippen LogP contribution in [0.1, 0.15) is 33.1 Å². The monoisotopic (exact) mass is 221 g/mol. The molecular weight excluding hydrogens is 205 g/mol. The van der Waals surface area contributed by atoms with Gasteiger partial charge in [0.25, 0.3) is 0 Å². The van der Waals surface area contributed by atoms with Crippen LogP contribution in [0.15, 0.2) is 0 Å². The Labute approximate surface area is 112 Å². The smallest absolute Gasteiger partial charge is 0.548 e. The van der Waals surface area contributed by atoms with E-state index in [0.717, 1.165) is 12.8 Å². The minimum absolute atomic E-state index is 0. The molecule has 0 aromatic heterocycles. The molecule has 1 saturated heterocycles. The number of hydrogen-bond acceptors (Lipinski definition) is 3. The summed E-state index contributed by atoms with van der Waals surface area (Å²) in [6, 6.07) is -0.698. The minimum atomic E-state index is -1.13. The first-order chi connectivity index (χ1) is 6.57. The molecule has 1 amide bonds. The van der Waals surface area contributed by atoms with Gasteiger partial charge in [0.2, 0.25) is 5.91 Å². The first-order valence-corrected chi connectivity index (χ1v) is 5.09. The summed E-state index contributed by atoms with van der Waals surface area (Å²) in [4.78, 5) is 23.9. The van der Waals surface area contributed by atoms with Crippen LogP contribution in [-0.2, 0) is 9.59 Å². The van der Waals surface area contributed by atoms with Gasteiger partial charge in [0.1, 0.15) is 0 Å². The normalized spacial score (nSPS) is 22.0. The van der Waals surface area contributed by atoms with Gasteiger partial charge in [0.05, 0.1) is 12.0 Å². The van der Waals surface area contributed by atoms with Crippen molar-refractivity contribution in [3.05, 3.63) is 0 Å². The van der Waals surface area contributed by atoms with Crippen molar-refractivity contribution in [2.75, 3.05) is 6.54 Å². The standard InChI is InChI=1S/C10H17NO3.Na/c1-3-7(2)9(12)11-6-4-5-8(11)10(13)14;/h7-8H,3-6H2,1-2H3,(H,13,14);/q;+1/p-1/t7?,8-;/m1./s1. The van der Waals surface area contributed by atoms with E-state index in [9.17, 15) is 14.7 Å². The molecule has 0 aliphatic carbocycles. The van der Waals surface area contributed by atoms with Gasteiger partial charge in [-0.1, -0.05) is 13.8 Å². The fourth-order valence-corrected chi connectivity index (χ4v) is 1.73. The zero-order valence-corrected chi connectivity index (χ0v) is 11.7. The van der Waals surface area contributed by atoms with E-state index in [1.54, 1.807) is 0 Å². The van der Waals surface area contributed by atoms with Crippen LogP contribution in [0.2, 0.25) is 0 Å². The maximum atomic E-state index is 11.7. The molecule has 2 atom stereocenters. The molecule has 1 fully saturated rings. The number of carbonyl (C=O) groups is 2. The summed E-state index contributed by atoms with van der Waals surface area (Å²) in [6.45, 7) is 4.31. The van der Waals surface area contributed by atoms with Crippen molar-refractivity contribution in [2.45, 2.75) is 39.2 Å². The summed E-state index contributed by atoms with van der Waals surface area (Å²) in [5, 5.41) is 10.7. The van der Waals surface area contributed by atoms with Gasteiger partial charge < -0.3 is 14.8 Å². The predicted octanol–water partition coefficient (Wildman–Crippen LogP) is -3.22. The van der Waals surface area contributed by atoms with Gasteiger partial charge in [0, 0.05) is 12.5 Å². The number of carboxylic acid groups (broad SMARTS) is 1. The number of amides is 1. The van der Waals surface area contributed by atoms with Gasteiger partial charge >= 0.3 is 29.6 Å². The fraction of sp³-hybridized carbons (Fsp3) is 0.800. The Bertz CT molecular complexity index is 245. The average Bonchev–Trinajstić information content (AvgIpc) is 2.63. The van der Waals surface area contributed by atoms with Gasteiger partial charge in [-0.25, -0.2) is 0 Å². The number of rotatable bonds is 3. The Morgan fingerprint density at radius 3 is 2.60 bits per heavy atom. The zero-order chi connectivity index (χ0) is 10.7. The van der Waals surface area contributed by atoms with E-state index < -0.39 is 12.0 Å². The third-order valence-electron chi connectivity index (χ3n) is 2.84. The largest absolute Gasteiger partial charge is 1.00 e. The molecule has 1 unspecified atom stereocenters. The van der Waals surface area contributed by atoms with Gasteiger partial charge in [-0.2, -0.15) is 0 Å². The van der Waals surface area contributed by atoms with Gasteiger partial charge in [-0.05, 0) is 19.3 Å². The number of nitrogens with zero attached hydrogens (tertiary/aromatic N) is 1. The molecule has 0 N–H and O–H groups in total. The molecule has 1 heterocycles. The number of aliphatic carboxylic acids is 1. The van der Waals surface area contributed by atoms with Gasteiger partial charge in [-0.15, -0.1) is 0 Å². The fourth-order valence-electron chi connectivity index (χ4n) is 1.73. The Balaban J connectivity index is 0.00000196. The number of hydrogen-bond donors (Lipinski definition) is 0. The minimum Gasteiger partial charge on any atom is -0.548 e. The van der Waals surface area contributed by atoms with E-state index in [1.165, 1.54) is 4.90 Å². The van der Waals surface area contributed by atoms with Crippen molar-refractivity contribution in [3.63, 3.8) is 0 Å². The van der Waals surface area contributed by atoms with E-state index in [2.05, 4.69) is 0 Å². The molecule has 0 spiro atoms. The van der Waals surface area contributed by atoms with Gasteiger partial charge in [-0.3, -0.25) is 4.79 Å². The van der Waals surface area contributed by atoms with Crippen LogP contribution in [0.3, 0.4) is 0 Å². The summed E-state index contributed by atoms with van der Waals surface area (Å²) in [5.74, 6) is -1.27. The molecule has 5 heteroatoms. The Hall–Kier alpha value is -0.0600. The maximum absolute atomic E-state index is 11.7. The first kappa shape index (κ1) is 14.9. The third kappa shape index (κ3) is 3.47. The topological polar surface area (TPSA) is 60.4 Å². The van der Waals surface area contributed by atoms with E-state index in [1.807, 2.05) is 13.8 Å². The van der Waals surface area contributed by atoms with E-state index in [-0.39, 0.29) is 41.4 Å².